The molecule has 5 heteroatoms. The highest BCUT2D eigenvalue weighted by Gasteiger charge is 2.18. The largest absolute Gasteiger partial charge is 0.486 e. The van der Waals surface area contributed by atoms with Crippen LogP contribution in [0.15, 0.2) is 48.5 Å². The first kappa shape index (κ1) is 21.9. The van der Waals surface area contributed by atoms with Crippen LogP contribution in [0.4, 0.5) is 0 Å². The Bertz CT molecular complexity index is 954. The van der Waals surface area contributed by atoms with Crippen LogP contribution in [0.25, 0.3) is 11.0 Å². The van der Waals surface area contributed by atoms with Crippen LogP contribution in [0.3, 0.4) is 0 Å². The van der Waals surface area contributed by atoms with Crippen molar-refractivity contribution in [3.63, 3.8) is 0 Å². The predicted octanol–water partition coefficient (Wildman–Crippen LogP) is 5.39. The number of benzene rings is 2. The van der Waals surface area contributed by atoms with E-state index in [0.29, 0.717) is 12.5 Å². The predicted molar refractivity (Wildman–Crippen MR) is 122 cm³/mol. The van der Waals surface area contributed by atoms with Crippen molar-refractivity contribution in [1.29, 1.82) is 0 Å². The smallest absolute Gasteiger partial charge is 0.242 e. The molecule has 0 spiro atoms. The highest BCUT2D eigenvalue weighted by atomic mass is 16.5. The lowest BCUT2D eigenvalue weighted by Crippen LogP contribution is -2.35. The van der Waals surface area contributed by atoms with Crippen molar-refractivity contribution in [1.82, 2.24) is 14.5 Å². The SMILES string of the molecule is CCCN(CCC)C(=O)Cn1c(COc2ccc(C(C)C)cc2)nc2ccccc21. The maximum Gasteiger partial charge on any atom is 0.242 e. The van der Waals surface area contributed by atoms with Crippen molar-refractivity contribution in [2.24, 2.45) is 0 Å². The maximum absolute atomic E-state index is 13.0. The third kappa shape index (κ3) is 5.21. The standard InChI is InChI=1S/C25H33N3O2/c1-5-15-27(16-6-2)25(29)17-28-23-10-8-7-9-22(23)26-24(28)18-30-21-13-11-20(12-14-21)19(3)4/h7-14,19H,5-6,15-18H2,1-4H3. The Kier molecular flexibility index (Phi) is 7.50. The molecular weight excluding hydrogens is 374 g/mol. The number of para-hydroxylation sites is 2. The Balaban J connectivity index is 1.81. The summed E-state index contributed by atoms with van der Waals surface area (Å²) < 4.78 is 8.02. The summed E-state index contributed by atoms with van der Waals surface area (Å²) in [7, 11) is 0. The quantitative estimate of drug-likeness (QED) is 0.453. The van der Waals surface area contributed by atoms with Crippen molar-refractivity contribution in [3.05, 3.63) is 59.9 Å². The van der Waals surface area contributed by atoms with Crippen molar-refractivity contribution in [3.8, 4) is 5.75 Å². The molecule has 2 aromatic carbocycles. The second-order valence-electron chi connectivity index (χ2n) is 8.00. The molecule has 1 aromatic heterocycles. The molecular formula is C25H33N3O2. The molecule has 0 saturated heterocycles. The summed E-state index contributed by atoms with van der Waals surface area (Å²) in [4.78, 5) is 19.7. The number of imidazole rings is 1. The van der Waals surface area contributed by atoms with Gasteiger partial charge in [0.05, 0.1) is 11.0 Å². The van der Waals surface area contributed by atoms with Crippen LogP contribution in [0.5, 0.6) is 5.75 Å². The van der Waals surface area contributed by atoms with Gasteiger partial charge in [-0.05, 0) is 48.6 Å². The fourth-order valence-electron chi connectivity index (χ4n) is 3.65. The van der Waals surface area contributed by atoms with Crippen molar-refractivity contribution in [2.75, 3.05) is 13.1 Å². The van der Waals surface area contributed by atoms with E-state index in [1.807, 2.05) is 45.9 Å². The van der Waals surface area contributed by atoms with Gasteiger partial charge in [0.15, 0.2) is 0 Å². The number of carbonyl (C=O) groups excluding carboxylic acids is 1. The molecule has 0 aliphatic heterocycles. The van der Waals surface area contributed by atoms with Crippen molar-refractivity contribution in [2.45, 2.75) is 59.6 Å². The van der Waals surface area contributed by atoms with E-state index in [4.69, 9.17) is 9.72 Å². The van der Waals surface area contributed by atoms with Gasteiger partial charge in [-0.1, -0.05) is 52.0 Å². The van der Waals surface area contributed by atoms with E-state index in [1.165, 1.54) is 5.56 Å². The van der Waals surface area contributed by atoms with Crippen LogP contribution in [0.1, 0.15) is 57.8 Å². The monoisotopic (exact) mass is 407 g/mol. The Labute approximate surface area is 179 Å². The van der Waals surface area contributed by atoms with Gasteiger partial charge in [-0.2, -0.15) is 0 Å². The Morgan fingerprint density at radius 1 is 1.03 bits per heavy atom. The number of amides is 1. The minimum Gasteiger partial charge on any atom is -0.486 e. The molecule has 30 heavy (non-hydrogen) atoms. The Morgan fingerprint density at radius 2 is 1.70 bits per heavy atom. The van der Waals surface area contributed by atoms with E-state index in [2.05, 4.69) is 39.8 Å². The molecule has 5 nitrogen and oxygen atoms in total. The van der Waals surface area contributed by atoms with Crippen LogP contribution in [0.2, 0.25) is 0 Å². The molecule has 160 valence electrons. The second-order valence-corrected chi connectivity index (χ2v) is 8.00. The van der Waals surface area contributed by atoms with Gasteiger partial charge in [0, 0.05) is 13.1 Å². The summed E-state index contributed by atoms with van der Waals surface area (Å²) in [5.74, 6) is 2.20. The van der Waals surface area contributed by atoms with E-state index in [1.54, 1.807) is 0 Å². The van der Waals surface area contributed by atoms with E-state index < -0.39 is 0 Å². The molecule has 0 aliphatic rings. The first-order valence-electron chi connectivity index (χ1n) is 11.0. The number of hydrogen-bond acceptors (Lipinski definition) is 3. The maximum atomic E-state index is 13.0. The molecule has 0 aliphatic carbocycles. The van der Waals surface area contributed by atoms with E-state index in [0.717, 1.165) is 48.5 Å². The van der Waals surface area contributed by atoms with Gasteiger partial charge < -0.3 is 14.2 Å². The normalized spacial score (nSPS) is 11.2. The third-order valence-corrected chi connectivity index (χ3v) is 5.28. The van der Waals surface area contributed by atoms with Crippen LogP contribution in [-0.4, -0.2) is 33.4 Å². The minimum absolute atomic E-state index is 0.129. The van der Waals surface area contributed by atoms with Gasteiger partial charge in [0.25, 0.3) is 0 Å². The summed E-state index contributed by atoms with van der Waals surface area (Å²) in [6.07, 6.45) is 1.91. The molecule has 0 saturated carbocycles. The number of fused-ring (bicyclic) bond motifs is 1. The van der Waals surface area contributed by atoms with Gasteiger partial charge in [-0.25, -0.2) is 4.98 Å². The average molecular weight is 408 g/mol. The number of carbonyl (C=O) groups is 1. The molecule has 3 rings (SSSR count). The first-order chi connectivity index (χ1) is 14.5. The van der Waals surface area contributed by atoms with E-state index in [9.17, 15) is 4.79 Å². The summed E-state index contributed by atoms with van der Waals surface area (Å²) in [5, 5.41) is 0. The third-order valence-electron chi connectivity index (χ3n) is 5.28. The highest BCUT2D eigenvalue weighted by Crippen LogP contribution is 2.21. The summed E-state index contributed by atoms with van der Waals surface area (Å²) in [6, 6.07) is 16.1. The van der Waals surface area contributed by atoms with E-state index in [-0.39, 0.29) is 12.5 Å². The van der Waals surface area contributed by atoms with Crippen LogP contribution < -0.4 is 4.74 Å². The van der Waals surface area contributed by atoms with E-state index >= 15 is 0 Å². The zero-order valence-electron chi connectivity index (χ0n) is 18.6. The number of aromatic nitrogens is 2. The molecule has 3 aromatic rings. The minimum atomic E-state index is 0.129. The Hall–Kier alpha value is -2.82. The lowest BCUT2D eigenvalue weighted by molar-refractivity contribution is -0.131. The Morgan fingerprint density at radius 3 is 2.33 bits per heavy atom. The van der Waals surface area contributed by atoms with Gasteiger partial charge in [0.2, 0.25) is 5.91 Å². The van der Waals surface area contributed by atoms with Gasteiger partial charge in [-0.3, -0.25) is 4.79 Å². The lowest BCUT2D eigenvalue weighted by Gasteiger charge is -2.22. The van der Waals surface area contributed by atoms with Crippen LogP contribution in [0, 0.1) is 0 Å². The van der Waals surface area contributed by atoms with Gasteiger partial charge >= 0.3 is 0 Å². The van der Waals surface area contributed by atoms with Crippen molar-refractivity contribution < 1.29 is 9.53 Å². The summed E-state index contributed by atoms with van der Waals surface area (Å²) >= 11 is 0. The van der Waals surface area contributed by atoms with Gasteiger partial charge in [0.1, 0.15) is 24.7 Å². The fraction of sp³-hybridized carbons (Fsp3) is 0.440. The molecule has 0 N–H and O–H groups in total. The number of nitrogens with zero attached hydrogens (tertiary/aromatic N) is 3. The second kappa shape index (κ2) is 10.3. The molecule has 1 amide bonds. The molecule has 0 unspecified atom stereocenters. The first-order valence-corrected chi connectivity index (χ1v) is 11.0. The van der Waals surface area contributed by atoms with Crippen molar-refractivity contribution >= 4 is 16.9 Å². The summed E-state index contributed by atoms with van der Waals surface area (Å²) in [5.41, 5.74) is 3.14. The fourth-order valence-corrected chi connectivity index (χ4v) is 3.65. The molecule has 0 atom stereocenters. The van der Waals surface area contributed by atoms with Gasteiger partial charge in [-0.15, -0.1) is 0 Å². The van der Waals surface area contributed by atoms with Crippen LogP contribution >= 0.6 is 0 Å². The topological polar surface area (TPSA) is 47.4 Å². The lowest BCUT2D eigenvalue weighted by atomic mass is 10.0. The van der Waals surface area contributed by atoms with Crippen LogP contribution in [-0.2, 0) is 17.9 Å². The summed E-state index contributed by atoms with van der Waals surface area (Å²) in [6.45, 7) is 10.7. The average Bonchev–Trinajstić information content (AvgIpc) is 3.09. The highest BCUT2D eigenvalue weighted by molar-refractivity contribution is 5.81. The number of rotatable bonds is 10. The molecule has 0 bridgehead atoms. The number of hydrogen-bond donors (Lipinski definition) is 0. The zero-order valence-corrected chi connectivity index (χ0v) is 18.6. The number of ether oxygens (including phenoxy) is 1. The molecule has 0 fully saturated rings. The zero-order chi connectivity index (χ0) is 21.5. The molecule has 0 radical (unpaired) electrons. The molecule has 1 heterocycles.